The van der Waals surface area contributed by atoms with Crippen LogP contribution in [0.25, 0.3) is 0 Å². The molecular formula is C14H22FNO3S2. The van der Waals surface area contributed by atoms with Crippen molar-refractivity contribution in [2.75, 3.05) is 12.8 Å². The van der Waals surface area contributed by atoms with E-state index in [0.29, 0.717) is 5.56 Å². The van der Waals surface area contributed by atoms with Gasteiger partial charge in [-0.05, 0) is 36.8 Å². The number of aliphatic hydroxyl groups excluding tert-OH is 1. The molecule has 0 radical (unpaired) electrons. The van der Waals surface area contributed by atoms with Crippen molar-refractivity contribution in [1.82, 2.24) is 4.72 Å². The van der Waals surface area contributed by atoms with Crippen molar-refractivity contribution < 1.29 is 17.9 Å². The second-order valence-electron chi connectivity index (χ2n) is 4.84. The summed E-state index contributed by atoms with van der Waals surface area (Å²) in [6.45, 7) is 3.91. The van der Waals surface area contributed by atoms with Crippen LogP contribution in [0.1, 0.15) is 32.3 Å². The monoisotopic (exact) mass is 335 g/mol. The van der Waals surface area contributed by atoms with E-state index in [1.165, 1.54) is 6.07 Å². The number of halogens is 1. The molecule has 0 heterocycles. The van der Waals surface area contributed by atoms with Gasteiger partial charge in [-0.15, -0.1) is 0 Å². The summed E-state index contributed by atoms with van der Waals surface area (Å²) >= 11 is 1.60. The number of hydrogen-bond acceptors (Lipinski definition) is 4. The summed E-state index contributed by atoms with van der Waals surface area (Å²) in [7, 11) is -3.94. The molecule has 0 saturated carbocycles. The second-order valence-corrected chi connectivity index (χ2v) is 7.85. The van der Waals surface area contributed by atoms with E-state index in [9.17, 15) is 12.8 Å². The van der Waals surface area contributed by atoms with E-state index >= 15 is 0 Å². The van der Waals surface area contributed by atoms with Gasteiger partial charge in [0.2, 0.25) is 10.0 Å². The molecule has 2 N–H and O–H groups in total. The van der Waals surface area contributed by atoms with Crippen LogP contribution in [0.3, 0.4) is 0 Å². The third-order valence-electron chi connectivity index (χ3n) is 3.77. The maximum atomic E-state index is 13.8. The smallest absolute Gasteiger partial charge is 0.243 e. The molecule has 7 heteroatoms. The first-order chi connectivity index (χ1) is 9.84. The Balaban J connectivity index is 3.02. The molecule has 0 aromatic heterocycles. The average Bonchev–Trinajstić information content (AvgIpc) is 2.49. The molecule has 21 heavy (non-hydrogen) atoms. The fourth-order valence-electron chi connectivity index (χ4n) is 2.02. The second kappa shape index (κ2) is 7.58. The van der Waals surface area contributed by atoms with Gasteiger partial charge in [0.05, 0.1) is 6.61 Å². The SMILES string of the molecule is CCC(CC)(CNS(=O)(=O)c1cc(CO)ccc1F)SC. The van der Waals surface area contributed by atoms with Gasteiger partial charge in [-0.3, -0.25) is 0 Å². The lowest BCUT2D eigenvalue weighted by atomic mass is 10.0. The third kappa shape index (κ3) is 4.42. The summed E-state index contributed by atoms with van der Waals surface area (Å²) in [4.78, 5) is -0.420. The first-order valence-electron chi connectivity index (χ1n) is 6.78. The molecule has 120 valence electrons. The molecular weight excluding hydrogens is 313 g/mol. The van der Waals surface area contributed by atoms with E-state index in [0.717, 1.165) is 25.0 Å². The highest BCUT2D eigenvalue weighted by atomic mass is 32.2. The van der Waals surface area contributed by atoms with Gasteiger partial charge in [-0.2, -0.15) is 11.8 Å². The molecule has 1 aromatic rings. The Labute approximate surface area is 130 Å². The summed E-state index contributed by atoms with van der Waals surface area (Å²) in [5, 5.41) is 9.05. The van der Waals surface area contributed by atoms with Gasteiger partial charge in [0, 0.05) is 11.3 Å². The van der Waals surface area contributed by atoms with Crippen molar-refractivity contribution in [1.29, 1.82) is 0 Å². The van der Waals surface area contributed by atoms with Crippen molar-refractivity contribution >= 4 is 21.8 Å². The zero-order valence-corrected chi connectivity index (χ0v) is 14.2. The minimum Gasteiger partial charge on any atom is -0.392 e. The van der Waals surface area contributed by atoms with Crippen LogP contribution in [0.2, 0.25) is 0 Å². The Morgan fingerprint density at radius 2 is 1.95 bits per heavy atom. The van der Waals surface area contributed by atoms with Gasteiger partial charge in [0.15, 0.2) is 0 Å². The highest BCUT2D eigenvalue weighted by Gasteiger charge is 2.28. The summed E-state index contributed by atoms with van der Waals surface area (Å²) in [6, 6.07) is 3.58. The molecule has 0 unspecified atom stereocenters. The normalized spacial score (nSPS) is 12.6. The molecule has 0 aliphatic carbocycles. The average molecular weight is 335 g/mol. The van der Waals surface area contributed by atoms with Crippen LogP contribution < -0.4 is 4.72 Å². The van der Waals surface area contributed by atoms with E-state index in [1.807, 2.05) is 20.1 Å². The summed E-state index contributed by atoms with van der Waals surface area (Å²) in [6.07, 6.45) is 3.56. The van der Waals surface area contributed by atoms with E-state index in [1.54, 1.807) is 11.8 Å². The topological polar surface area (TPSA) is 66.4 Å². The number of sulfonamides is 1. The summed E-state index contributed by atoms with van der Waals surface area (Å²) in [5.41, 5.74) is 0.360. The Kier molecular flexibility index (Phi) is 6.65. The van der Waals surface area contributed by atoms with Crippen LogP contribution in [0.5, 0.6) is 0 Å². The van der Waals surface area contributed by atoms with Gasteiger partial charge < -0.3 is 5.11 Å². The Morgan fingerprint density at radius 3 is 2.43 bits per heavy atom. The zero-order valence-electron chi connectivity index (χ0n) is 12.5. The predicted molar refractivity (Wildman–Crippen MR) is 84.3 cm³/mol. The minimum absolute atomic E-state index is 0.196. The lowest BCUT2D eigenvalue weighted by Gasteiger charge is -2.29. The lowest BCUT2D eigenvalue weighted by molar-refractivity contribution is 0.281. The standard InChI is InChI=1S/C14H22FNO3S2/c1-4-14(5-2,20-3)10-16-21(18,19)13-8-11(9-17)6-7-12(13)15/h6-8,16-17H,4-5,9-10H2,1-3H3. The largest absolute Gasteiger partial charge is 0.392 e. The number of thioether (sulfide) groups is 1. The molecule has 1 rings (SSSR count). The molecule has 0 aliphatic heterocycles. The highest BCUT2D eigenvalue weighted by Crippen LogP contribution is 2.30. The third-order valence-corrected chi connectivity index (χ3v) is 6.78. The van der Waals surface area contributed by atoms with E-state index in [4.69, 9.17) is 5.11 Å². The Bertz CT molecular complexity index is 563. The van der Waals surface area contributed by atoms with Crippen LogP contribution in [0, 0.1) is 5.82 Å². The minimum atomic E-state index is -3.94. The maximum absolute atomic E-state index is 13.8. The molecule has 0 atom stereocenters. The maximum Gasteiger partial charge on any atom is 0.243 e. The Hall–Kier alpha value is -0.630. The quantitative estimate of drug-likeness (QED) is 0.766. The van der Waals surface area contributed by atoms with Gasteiger partial charge in [-0.25, -0.2) is 17.5 Å². The first kappa shape index (κ1) is 18.4. The number of rotatable bonds is 8. The van der Waals surface area contributed by atoms with Crippen molar-refractivity contribution in [3.63, 3.8) is 0 Å². The number of nitrogens with one attached hydrogen (secondary N) is 1. The molecule has 0 saturated heterocycles. The zero-order chi connectivity index (χ0) is 16.1. The van der Waals surface area contributed by atoms with Crippen LogP contribution in [0.15, 0.2) is 23.1 Å². The fraction of sp³-hybridized carbons (Fsp3) is 0.571. The summed E-state index contributed by atoms with van der Waals surface area (Å²) < 4.78 is 40.6. The lowest BCUT2D eigenvalue weighted by Crippen LogP contribution is -2.39. The van der Waals surface area contributed by atoms with E-state index in [2.05, 4.69) is 4.72 Å². The fourth-order valence-corrected chi connectivity index (χ4v) is 4.16. The van der Waals surface area contributed by atoms with E-state index in [-0.39, 0.29) is 17.9 Å². The van der Waals surface area contributed by atoms with Crippen LogP contribution in [-0.2, 0) is 16.6 Å². The molecule has 0 aliphatic rings. The molecule has 4 nitrogen and oxygen atoms in total. The molecule has 0 amide bonds. The molecule has 0 bridgehead atoms. The van der Waals surface area contributed by atoms with Gasteiger partial charge in [0.25, 0.3) is 0 Å². The van der Waals surface area contributed by atoms with Crippen LogP contribution in [0.4, 0.5) is 4.39 Å². The van der Waals surface area contributed by atoms with Crippen molar-refractivity contribution in [3.05, 3.63) is 29.6 Å². The predicted octanol–water partition coefficient (Wildman–Crippen LogP) is 2.52. The van der Waals surface area contributed by atoms with Gasteiger partial charge in [-0.1, -0.05) is 19.9 Å². The first-order valence-corrected chi connectivity index (χ1v) is 9.49. The number of hydrogen-bond donors (Lipinski definition) is 2. The van der Waals surface area contributed by atoms with Crippen molar-refractivity contribution in [2.24, 2.45) is 0 Å². The molecule has 1 aromatic carbocycles. The van der Waals surface area contributed by atoms with Crippen LogP contribution in [-0.4, -0.2) is 31.1 Å². The molecule has 0 fully saturated rings. The van der Waals surface area contributed by atoms with Gasteiger partial charge >= 0.3 is 0 Å². The molecule has 0 spiro atoms. The van der Waals surface area contributed by atoms with Crippen molar-refractivity contribution in [3.8, 4) is 0 Å². The Morgan fingerprint density at radius 1 is 1.33 bits per heavy atom. The van der Waals surface area contributed by atoms with E-state index < -0.39 is 20.7 Å². The number of benzene rings is 1. The van der Waals surface area contributed by atoms with Crippen LogP contribution >= 0.6 is 11.8 Å². The van der Waals surface area contributed by atoms with Crippen molar-refractivity contribution in [2.45, 2.75) is 42.9 Å². The number of aliphatic hydroxyl groups is 1. The summed E-state index contributed by atoms with van der Waals surface area (Å²) in [5.74, 6) is -0.817. The highest BCUT2D eigenvalue weighted by molar-refractivity contribution is 8.00. The van der Waals surface area contributed by atoms with Gasteiger partial charge in [0.1, 0.15) is 10.7 Å².